The lowest BCUT2D eigenvalue weighted by Gasteiger charge is -2.15. The van der Waals surface area contributed by atoms with Crippen LogP contribution < -0.4 is 19.5 Å². The van der Waals surface area contributed by atoms with Gasteiger partial charge in [-0.1, -0.05) is 30.3 Å². The first-order chi connectivity index (χ1) is 17.1. The van der Waals surface area contributed by atoms with Gasteiger partial charge < -0.3 is 19.5 Å². The Balaban J connectivity index is 1.52. The van der Waals surface area contributed by atoms with Gasteiger partial charge in [0.1, 0.15) is 12.4 Å². The first-order valence-electron chi connectivity index (χ1n) is 11.2. The van der Waals surface area contributed by atoms with Crippen molar-refractivity contribution in [1.29, 1.82) is 0 Å². The van der Waals surface area contributed by atoms with Gasteiger partial charge in [0.25, 0.3) is 5.91 Å². The molecule has 4 rings (SSSR count). The normalized spacial score (nSPS) is 15.3. The number of thioether (sulfide) groups is 1. The number of hydrogen-bond acceptors (Lipinski definition) is 6. The highest BCUT2D eigenvalue weighted by atomic mass is 79.9. The van der Waals surface area contributed by atoms with Crippen molar-refractivity contribution >= 4 is 50.5 Å². The zero-order chi connectivity index (χ0) is 24.6. The van der Waals surface area contributed by atoms with E-state index >= 15 is 0 Å². The van der Waals surface area contributed by atoms with Crippen molar-refractivity contribution in [3.05, 3.63) is 87.2 Å². The van der Waals surface area contributed by atoms with Crippen molar-refractivity contribution in [3.8, 4) is 17.2 Å². The van der Waals surface area contributed by atoms with Crippen molar-refractivity contribution in [2.45, 2.75) is 20.5 Å². The maximum atomic E-state index is 12.6. The molecule has 0 aliphatic carbocycles. The Morgan fingerprint density at radius 3 is 2.43 bits per heavy atom. The van der Waals surface area contributed by atoms with Crippen LogP contribution >= 0.6 is 27.7 Å². The van der Waals surface area contributed by atoms with Gasteiger partial charge in [-0.2, -0.15) is 0 Å². The van der Waals surface area contributed by atoms with Crippen molar-refractivity contribution in [1.82, 2.24) is 5.32 Å². The van der Waals surface area contributed by atoms with E-state index in [-0.39, 0.29) is 5.91 Å². The number of hydrogen-bond donors (Lipinski definition) is 1. The Labute approximate surface area is 217 Å². The maximum absolute atomic E-state index is 12.6. The second kappa shape index (κ2) is 12.0. The minimum atomic E-state index is -0.196. The van der Waals surface area contributed by atoms with E-state index in [2.05, 4.69) is 26.2 Å². The monoisotopic (exact) mass is 552 g/mol. The van der Waals surface area contributed by atoms with Crippen LogP contribution in [0.3, 0.4) is 0 Å². The summed E-state index contributed by atoms with van der Waals surface area (Å²) < 4.78 is 18.1. The molecule has 1 fully saturated rings. The number of rotatable bonds is 9. The topological polar surface area (TPSA) is 69.2 Å². The van der Waals surface area contributed by atoms with E-state index in [9.17, 15) is 4.79 Å². The molecule has 8 heteroatoms. The summed E-state index contributed by atoms with van der Waals surface area (Å²) in [5.41, 5.74) is 2.61. The molecule has 1 amide bonds. The van der Waals surface area contributed by atoms with Crippen molar-refractivity contribution in [2.24, 2.45) is 4.99 Å². The molecular formula is C27H25BrN2O4S. The number of nitrogens with zero attached hydrogens (tertiary/aromatic N) is 1. The van der Waals surface area contributed by atoms with Crippen LogP contribution in [0.4, 0.5) is 5.69 Å². The first kappa shape index (κ1) is 24.9. The summed E-state index contributed by atoms with van der Waals surface area (Å²) in [7, 11) is 0. The van der Waals surface area contributed by atoms with Crippen LogP contribution in [-0.2, 0) is 11.4 Å². The number of carbonyl (C=O) groups is 1. The molecule has 3 aromatic carbocycles. The third-order valence-electron chi connectivity index (χ3n) is 4.88. The fourth-order valence-corrected chi connectivity index (χ4v) is 4.75. The fourth-order valence-electron chi connectivity index (χ4n) is 3.34. The van der Waals surface area contributed by atoms with Crippen LogP contribution in [0.5, 0.6) is 17.2 Å². The molecule has 0 aromatic heterocycles. The molecule has 1 saturated heterocycles. The molecule has 180 valence electrons. The summed E-state index contributed by atoms with van der Waals surface area (Å²) in [6.07, 6.45) is 1.81. The lowest BCUT2D eigenvalue weighted by atomic mass is 10.1. The smallest absolute Gasteiger partial charge is 0.264 e. The van der Waals surface area contributed by atoms with Crippen molar-refractivity contribution in [3.63, 3.8) is 0 Å². The first-order valence-corrected chi connectivity index (χ1v) is 12.8. The Morgan fingerprint density at radius 2 is 1.71 bits per heavy atom. The quantitative estimate of drug-likeness (QED) is 0.298. The molecule has 1 N–H and O–H groups in total. The van der Waals surface area contributed by atoms with E-state index in [0.717, 1.165) is 27.0 Å². The van der Waals surface area contributed by atoms with Crippen LogP contribution in [0, 0.1) is 0 Å². The van der Waals surface area contributed by atoms with E-state index in [1.54, 1.807) is 0 Å². The number of carbonyl (C=O) groups excluding carboxylic acids is 1. The van der Waals surface area contributed by atoms with E-state index in [1.807, 2.05) is 86.7 Å². The standard InChI is InChI=1S/C27H25BrN2O4S/c1-3-32-21-12-10-20(11-13-21)29-27-30-26(31)24(35-27)16-19-14-22(28)25(23(15-19)33-4-2)34-17-18-8-6-5-7-9-18/h5-16H,3-4,17H2,1-2H3,(H,29,30,31)/b24-16-. The Hall–Kier alpha value is -3.23. The van der Waals surface area contributed by atoms with Gasteiger partial charge in [-0.3, -0.25) is 4.79 Å². The predicted octanol–water partition coefficient (Wildman–Crippen LogP) is 6.72. The van der Waals surface area contributed by atoms with Gasteiger partial charge in [0.2, 0.25) is 0 Å². The van der Waals surface area contributed by atoms with E-state index in [4.69, 9.17) is 14.2 Å². The van der Waals surface area contributed by atoms with Gasteiger partial charge in [0.05, 0.1) is 28.3 Å². The highest BCUT2D eigenvalue weighted by Crippen LogP contribution is 2.39. The van der Waals surface area contributed by atoms with Gasteiger partial charge in [0, 0.05) is 0 Å². The molecule has 0 unspecified atom stereocenters. The summed E-state index contributed by atoms with van der Waals surface area (Å²) >= 11 is 4.90. The molecule has 0 radical (unpaired) electrons. The minimum Gasteiger partial charge on any atom is -0.494 e. The third-order valence-corrected chi connectivity index (χ3v) is 6.38. The molecule has 35 heavy (non-hydrogen) atoms. The van der Waals surface area contributed by atoms with Gasteiger partial charge in [-0.15, -0.1) is 0 Å². The molecule has 0 saturated carbocycles. The molecule has 6 nitrogen and oxygen atoms in total. The molecule has 1 aliphatic heterocycles. The summed E-state index contributed by atoms with van der Waals surface area (Å²) in [5, 5.41) is 3.35. The van der Waals surface area contributed by atoms with Crippen LogP contribution in [-0.4, -0.2) is 24.3 Å². The molecule has 1 aliphatic rings. The maximum Gasteiger partial charge on any atom is 0.264 e. The number of amidine groups is 1. The average Bonchev–Trinajstić information content (AvgIpc) is 3.19. The fraction of sp³-hybridized carbons (Fsp3) is 0.185. The van der Waals surface area contributed by atoms with E-state index in [0.29, 0.717) is 41.4 Å². The number of nitrogens with one attached hydrogen (secondary N) is 1. The zero-order valence-corrected chi connectivity index (χ0v) is 21.8. The molecule has 0 bridgehead atoms. The molecule has 1 heterocycles. The Bertz CT molecular complexity index is 1240. The van der Waals surface area contributed by atoms with E-state index in [1.165, 1.54) is 11.8 Å². The highest BCUT2D eigenvalue weighted by molar-refractivity contribution is 9.10. The lowest BCUT2D eigenvalue weighted by Crippen LogP contribution is -2.19. The van der Waals surface area contributed by atoms with Crippen LogP contribution in [0.25, 0.3) is 6.08 Å². The summed E-state index contributed by atoms with van der Waals surface area (Å²) in [6.45, 7) is 5.37. The summed E-state index contributed by atoms with van der Waals surface area (Å²) in [6, 6.07) is 21.1. The van der Waals surface area contributed by atoms with Gasteiger partial charge in [0.15, 0.2) is 16.7 Å². The number of halogens is 1. The highest BCUT2D eigenvalue weighted by Gasteiger charge is 2.24. The zero-order valence-electron chi connectivity index (χ0n) is 19.4. The minimum absolute atomic E-state index is 0.196. The van der Waals surface area contributed by atoms with E-state index < -0.39 is 0 Å². The van der Waals surface area contributed by atoms with Gasteiger partial charge >= 0.3 is 0 Å². The second-order valence-electron chi connectivity index (χ2n) is 7.45. The number of benzene rings is 3. The number of ether oxygens (including phenoxy) is 3. The Morgan fingerprint density at radius 1 is 0.971 bits per heavy atom. The van der Waals surface area contributed by atoms with Crippen LogP contribution in [0.1, 0.15) is 25.0 Å². The van der Waals surface area contributed by atoms with Crippen molar-refractivity contribution < 1.29 is 19.0 Å². The average molecular weight is 553 g/mol. The molecule has 0 atom stereocenters. The summed E-state index contributed by atoms with van der Waals surface area (Å²) in [4.78, 5) is 17.6. The lowest BCUT2D eigenvalue weighted by molar-refractivity contribution is -0.115. The Kier molecular flexibility index (Phi) is 8.50. The van der Waals surface area contributed by atoms with Gasteiger partial charge in [-0.05, 0) is 95.1 Å². The second-order valence-corrected chi connectivity index (χ2v) is 9.33. The molecule has 3 aromatic rings. The molecular weight excluding hydrogens is 528 g/mol. The number of aliphatic imine (C=N–C) groups is 1. The van der Waals surface area contributed by atoms with Crippen LogP contribution in [0.15, 0.2) is 81.1 Å². The van der Waals surface area contributed by atoms with Crippen LogP contribution in [0.2, 0.25) is 0 Å². The molecule has 0 spiro atoms. The third kappa shape index (κ3) is 6.68. The van der Waals surface area contributed by atoms with Crippen molar-refractivity contribution in [2.75, 3.05) is 13.2 Å². The largest absolute Gasteiger partial charge is 0.494 e. The number of amides is 1. The van der Waals surface area contributed by atoms with Gasteiger partial charge in [-0.25, -0.2) is 4.99 Å². The SMILES string of the molecule is CCOc1ccc(N=C2NC(=O)/C(=C/c3cc(Br)c(OCc4ccccc4)c(OCC)c3)S2)cc1. The summed E-state index contributed by atoms with van der Waals surface area (Å²) in [5.74, 6) is 1.82. The predicted molar refractivity (Wildman–Crippen MR) is 145 cm³/mol.